The van der Waals surface area contributed by atoms with Gasteiger partial charge < -0.3 is 11.1 Å². The molecule has 20 heavy (non-hydrogen) atoms. The molecule has 0 saturated carbocycles. The van der Waals surface area contributed by atoms with Gasteiger partial charge in [-0.3, -0.25) is 4.98 Å². The van der Waals surface area contributed by atoms with E-state index in [0.29, 0.717) is 11.4 Å². The van der Waals surface area contributed by atoms with Crippen LogP contribution in [0.25, 0.3) is 10.8 Å². The van der Waals surface area contributed by atoms with Crippen LogP contribution >= 0.6 is 0 Å². The predicted octanol–water partition coefficient (Wildman–Crippen LogP) is 4.01. The van der Waals surface area contributed by atoms with Crippen LogP contribution in [-0.2, 0) is 0 Å². The second-order valence-electron chi connectivity index (χ2n) is 4.68. The smallest absolute Gasteiger partial charge is 0.146 e. The number of aryl methyl sites for hydroxylation is 1. The summed E-state index contributed by atoms with van der Waals surface area (Å²) in [5.74, 6) is -0.274. The van der Waals surface area contributed by atoms with Crippen LogP contribution in [0.2, 0.25) is 0 Å². The number of pyridine rings is 1. The molecule has 1 aromatic heterocycles. The summed E-state index contributed by atoms with van der Waals surface area (Å²) in [7, 11) is 0. The van der Waals surface area contributed by atoms with Gasteiger partial charge in [0.25, 0.3) is 0 Å². The van der Waals surface area contributed by atoms with E-state index in [2.05, 4.69) is 10.3 Å². The first kappa shape index (κ1) is 12.4. The van der Waals surface area contributed by atoms with E-state index in [4.69, 9.17) is 5.73 Å². The highest BCUT2D eigenvalue weighted by Gasteiger charge is 2.09. The Morgan fingerprint density at radius 3 is 2.75 bits per heavy atom. The molecule has 0 amide bonds. The van der Waals surface area contributed by atoms with E-state index in [0.717, 1.165) is 22.0 Å². The molecule has 0 bridgehead atoms. The number of rotatable bonds is 2. The number of anilines is 3. The zero-order chi connectivity index (χ0) is 14.1. The topological polar surface area (TPSA) is 50.9 Å². The van der Waals surface area contributed by atoms with Crippen molar-refractivity contribution in [2.75, 3.05) is 11.1 Å². The number of nitrogens with zero attached hydrogens (tertiary/aromatic N) is 1. The van der Waals surface area contributed by atoms with Crippen molar-refractivity contribution in [1.82, 2.24) is 4.98 Å². The molecule has 0 aliphatic rings. The quantitative estimate of drug-likeness (QED) is 0.690. The summed E-state index contributed by atoms with van der Waals surface area (Å²) in [6.07, 6.45) is 3.41. The maximum absolute atomic E-state index is 13.9. The molecule has 0 saturated heterocycles. The highest BCUT2D eigenvalue weighted by atomic mass is 19.1. The molecule has 0 fully saturated rings. The average Bonchev–Trinajstić information content (AvgIpc) is 2.46. The van der Waals surface area contributed by atoms with E-state index in [1.54, 1.807) is 24.5 Å². The molecule has 4 heteroatoms. The summed E-state index contributed by atoms with van der Waals surface area (Å²) in [6.45, 7) is 1.87. The van der Waals surface area contributed by atoms with E-state index in [9.17, 15) is 4.39 Å². The summed E-state index contributed by atoms with van der Waals surface area (Å²) in [5.41, 5.74) is 8.74. The van der Waals surface area contributed by atoms with Gasteiger partial charge in [-0.15, -0.1) is 0 Å². The molecule has 0 aliphatic carbocycles. The molecule has 1 heterocycles. The van der Waals surface area contributed by atoms with Gasteiger partial charge in [0.2, 0.25) is 0 Å². The Kier molecular flexibility index (Phi) is 2.99. The lowest BCUT2D eigenvalue weighted by molar-refractivity contribution is 0.631. The summed E-state index contributed by atoms with van der Waals surface area (Å²) < 4.78 is 13.9. The second kappa shape index (κ2) is 4.81. The largest absolute Gasteiger partial charge is 0.398 e. The van der Waals surface area contributed by atoms with Crippen LogP contribution < -0.4 is 11.1 Å². The van der Waals surface area contributed by atoms with Crippen molar-refractivity contribution in [3.8, 4) is 0 Å². The van der Waals surface area contributed by atoms with Crippen LogP contribution in [0.3, 0.4) is 0 Å². The number of para-hydroxylation sites is 1. The number of nitrogen functional groups attached to an aromatic ring is 1. The van der Waals surface area contributed by atoms with Gasteiger partial charge in [-0.1, -0.05) is 12.1 Å². The fourth-order valence-corrected chi connectivity index (χ4v) is 2.25. The Hall–Kier alpha value is -2.62. The lowest BCUT2D eigenvalue weighted by Gasteiger charge is -2.13. The highest BCUT2D eigenvalue weighted by molar-refractivity contribution is 6.01. The van der Waals surface area contributed by atoms with Crippen molar-refractivity contribution in [2.45, 2.75) is 6.92 Å². The molecular formula is C16H14FN3. The Morgan fingerprint density at radius 2 is 1.95 bits per heavy atom. The van der Waals surface area contributed by atoms with Crippen LogP contribution in [0.1, 0.15) is 5.56 Å². The van der Waals surface area contributed by atoms with E-state index in [1.165, 1.54) is 6.07 Å². The summed E-state index contributed by atoms with van der Waals surface area (Å²) in [4.78, 5) is 4.08. The molecule has 100 valence electrons. The van der Waals surface area contributed by atoms with Crippen LogP contribution in [0.15, 0.2) is 48.8 Å². The Bertz CT molecular complexity index is 764. The zero-order valence-corrected chi connectivity index (χ0v) is 11.0. The first-order valence-corrected chi connectivity index (χ1v) is 6.31. The molecule has 0 unspecified atom stereocenters. The van der Waals surface area contributed by atoms with Gasteiger partial charge >= 0.3 is 0 Å². The normalized spacial score (nSPS) is 10.7. The number of nitrogens with two attached hydrogens (primary N) is 1. The van der Waals surface area contributed by atoms with Crippen LogP contribution in [0.4, 0.5) is 21.5 Å². The Labute approximate surface area is 116 Å². The minimum atomic E-state index is -0.274. The van der Waals surface area contributed by atoms with Gasteiger partial charge in [0.15, 0.2) is 0 Å². The molecule has 0 atom stereocenters. The summed E-state index contributed by atoms with van der Waals surface area (Å²) in [5, 5.41) is 4.92. The third kappa shape index (κ3) is 2.05. The number of fused-ring (bicyclic) bond motifs is 1. The average molecular weight is 267 g/mol. The minimum absolute atomic E-state index is 0.274. The van der Waals surface area contributed by atoms with Gasteiger partial charge in [0.1, 0.15) is 5.82 Å². The number of aromatic nitrogens is 1. The Balaban J connectivity index is 2.14. The third-order valence-corrected chi connectivity index (χ3v) is 3.33. The molecule has 0 aliphatic heterocycles. The lowest BCUT2D eigenvalue weighted by atomic mass is 10.1. The molecule has 3 rings (SSSR count). The van der Waals surface area contributed by atoms with Crippen molar-refractivity contribution < 1.29 is 4.39 Å². The molecule has 3 nitrogen and oxygen atoms in total. The molecular weight excluding hydrogens is 253 g/mol. The maximum Gasteiger partial charge on any atom is 0.146 e. The van der Waals surface area contributed by atoms with Crippen molar-refractivity contribution in [1.29, 1.82) is 0 Å². The summed E-state index contributed by atoms with van der Waals surface area (Å²) >= 11 is 0. The minimum Gasteiger partial charge on any atom is -0.398 e. The monoisotopic (exact) mass is 267 g/mol. The van der Waals surface area contributed by atoms with Gasteiger partial charge in [0, 0.05) is 34.5 Å². The number of benzene rings is 2. The molecule has 0 radical (unpaired) electrons. The van der Waals surface area contributed by atoms with Gasteiger partial charge in [-0.25, -0.2) is 4.39 Å². The maximum atomic E-state index is 13.9. The van der Waals surface area contributed by atoms with E-state index in [-0.39, 0.29) is 5.82 Å². The van der Waals surface area contributed by atoms with E-state index < -0.39 is 0 Å². The highest BCUT2D eigenvalue weighted by Crippen LogP contribution is 2.31. The number of halogens is 1. The first-order chi connectivity index (χ1) is 9.66. The fourth-order valence-electron chi connectivity index (χ4n) is 2.25. The standard InChI is InChI=1S/C16H14FN3/c1-10-3-2-4-13(17)16(10)20-15-6-5-14(18)12-9-19-8-7-11(12)15/h2-9,20H,18H2,1H3. The van der Waals surface area contributed by atoms with Crippen molar-refractivity contribution in [3.63, 3.8) is 0 Å². The SMILES string of the molecule is Cc1cccc(F)c1Nc1ccc(N)c2cnccc12. The zero-order valence-electron chi connectivity index (χ0n) is 11.0. The lowest BCUT2D eigenvalue weighted by Crippen LogP contribution is -1.98. The molecule has 3 N–H and O–H groups in total. The Morgan fingerprint density at radius 1 is 1.10 bits per heavy atom. The van der Waals surface area contributed by atoms with Gasteiger partial charge in [-0.05, 0) is 36.8 Å². The van der Waals surface area contributed by atoms with E-state index in [1.807, 2.05) is 25.1 Å². The predicted molar refractivity (Wildman–Crippen MR) is 80.6 cm³/mol. The van der Waals surface area contributed by atoms with Gasteiger partial charge in [-0.2, -0.15) is 0 Å². The number of hydrogen-bond donors (Lipinski definition) is 2. The molecule has 0 spiro atoms. The van der Waals surface area contributed by atoms with Crippen molar-refractivity contribution >= 4 is 27.8 Å². The number of nitrogens with one attached hydrogen (secondary N) is 1. The van der Waals surface area contributed by atoms with Crippen LogP contribution in [-0.4, -0.2) is 4.98 Å². The third-order valence-electron chi connectivity index (χ3n) is 3.33. The van der Waals surface area contributed by atoms with Crippen LogP contribution in [0, 0.1) is 12.7 Å². The molecule has 3 aromatic rings. The summed E-state index contributed by atoms with van der Waals surface area (Å²) in [6, 6.07) is 10.5. The van der Waals surface area contributed by atoms with Crippen LogP contribution in [0.5, 0.6) is 0 Å². The first-order valence-electron chi connectivity index (χ1n) is 6.31. The fraction of sp³-hybridized carbons (Fsp3) is 0.0625. The molecule has 2 aromatic carbocycles. The van der Waals surface area contributed by atoms with E-state index >= 15 is 0 Å². The van der Waals surface area contributed by atoms with Crippen molar-refractivity contribution in [2.24, 2.45) is 0 Å². The van der Waals surface area contributed by atoms with Crippen molar-refractivity contribution in [3.05, 3.63) is 60.2 Å². The van der Waals surface area contributed by atoms with Gasteiger partial charge in [0.05, 0.1) is 5.69 Å². The number of hydrogen-bond acceptors (Lipinski definition) is 3. The second-order valence-corrected chi connectivity index (χ2v) is 4.68.